The van der Waals surface area contributed by atoms with Crippen molar-refractivity contribution in [3.8, 4) is 0 Å². The molecule has 2 N–H and O–H groups in total. The van der Waals surface area contributed by atoms with E-state index in [0.29, 0.717) is 19.5 Å². The van der Waals surface area contributed by atoms with Gasteiger partial charge in [0.1, 0.15) is 5.82 Å². The molecule has 0 aromatic heterocycles. The van der Waals surface area contributed by atoms with E-state index in [1.807, 2.05) is 30.3 Å². The van der Waals surface area contributed by atoms with Gasteiger partial charge in [0, 0.05) is 30.0 Å². The molecule has 2 aromatic rings. The Morgan fingerprint density at radius 1 is 1.30 bits per heavy atom. The van der Waals surface area contributed by atoms with Crippen LogP contribution in [0.25, 0.3) is 0 Å². The highest BCUT2D eigenvalue weighted by Gasteiger charge is 2.24. The summed E-state index contributed by atoms with van der Waals surface area (Å²) < 4.78 is 14.2. The van der Waals surface area contributed by atoms with Gasteiger partial charge in [0.2, 0.25) is 5.91 Å². The van der Waals surface area contributed by atoms with Crippen molar-refractivity contribution >= 4 is 21.8 Å². The third-order valence-corrected chi connectivity index (χ3v) is 4.94. The lowest BCUT2D eigenvalue weighted by Gasteiger charge is -2.30. The van der Waals surface area contributed by atoms with Gasteiger partial charge in [-0.3, -0.25) is 4.79 Å². The van der Waals surface area contributed by atoms with Crippen molar-refractivity contribution in [3.05, 3.63) is 69.4 Å². The van der Waals surface area contributed by atoms with Crippen molar-refractivity contribution < 1.29 is 9.18 Å². The van der Waals surface area contributed by atoms with Gasteiger partial charge < -0.3 is 10.6 Å². The standard InChI is InChI=1S/C18H18BrFN2O/c19-16-9-14(20)8-13-6-7-22(11-15(13)16)18(23)10-17(21)12-4-2-1-3-5-12/h1-5,8-9,17H,6-7,10-11,21H2. The van der Waals surface area contributed by atoms with E-state index in [4.69, 9.17) is 5.73 Å². The number of benzene rings is 2. The number of fused-ring (bicyclic) bond motifs is 1. The summed E-state index contributed by atoms with van der Waals surface area (Å²) in [6.45, 7) is 1.10. The Bertz CT molecular complexity index is 720. The smallest absolute Gasteiger partial charge is 0.224 e. The van der Waals surface area contributed by atoms with Crippen molar-refractivity contribution in [1.29, 1.82) is 0 Å². The fourth-order valence-electron chi connectivity index (χ4n) is 2.93. The zero-order valence-corrected chi connectivity index (χ0v) is 14.2. The Balaban J connectivity index is 1.70. The van der Waals surface area contributed by atoms with E-state index < -0.39 is 0 Å². The molecular weight excluding hydrogens is 359 g/mol. The van der Waals surface area contributed by atoms with Crippen LogP contribution in [0, 0.1) is 5.82 Å². The number of halogens is 2. The molecule has 1 aliphatic rings. The molecule has 1 amide bonds. The van der Waals surface area contributed by atoms with Gasteiger partial charge in [-0.05, 0) is 35.2 Å². The van der Waals surface area contributed by atoms with Crippen LogP contribution < -0.4 is 5.73 Å². The van der Waals surface area contributed by atoms with Crippen molar-refractivity contribution in [2.45, 2.75) is 25.4 Å². The molecule has 0 aliphatic carbocycles. The zero-order chi connectivity index (χ0) is 16.4. The molecule has 0 bridgehead atoms. The fraction of sp³-hybridized carbons (Fsp3) is 0.278. The van der Waals surface area contributed by atoms with Crippen LogP contribution in [-0.2, 0) is 17.8 Å². The van der Waals surface area contributed by atoms with E-state index in [1.54, 1.807) is 11.0 Å². The highest BCUT2D eigenvalue weighted by molar-refractivity contribution is 9.10. The Morgan fingerprint density at radius 2 is 2.04 bits per heavy atom. The van der Waals surface area contributed by atoms with Crippen molar-refractivity contribution in [3.63, 3.8) is 0 Å². The summed E-state index contributed by atoms with van der Waals surface area (Å²) in [4.78, 5) is 14.3. The average Bonchev–Trinajstić information content (AvgIpc) is 2.55. The highest BCUT2D eigenvalue weighted by Crippen LogP contribution is 2.28. The normalized spacial score (nSPS) is 15.2. The number of rotatable bonds is 3. The van der Waals surface area contributed by atoms with Crippen LogP contribution in [-0.4, -0.2) is 17.4 Å². The number of nitrogens with two attached hydrogens (primary N) is 1. The van der Waals surface area contributed by atoms with E-state index >= 15 is 0 Å². The lowest BCUT2D eigenvalue weighted by Crippen LogP contribution is -2.37. The van der Waals surface area contributed by atoms with Gasteiger partial charge in [0.15, 0.2) is 0 Å². The maximum Gasteiger partial charge on any atom is 0.224 e. The Morgan fingerprint density at radius 3 is 2.78 bits per heavy atom. The molecule has 2 aromatic carbocycles. The minimum atomic E-state index is -0.304. The van der Waals surface area contributed by atoms with Crippen molar-refractivity contribution in [1.82, 2.24) is 4.90 Å². The van der Waals surface area contributed by atoms with Crippen LogP contribution in [0.4, 0.5) is 4.39 Å². The molecule has 0 saturated heterocycles. The molecule has 0 fully saturated rings. The molecule has 23 heavy (non-hydrogen) atoms. The van der Waals surface area contributed by atoms with Gasteiger partial charge >= 0.3 is 0 Å². The first-order valence-electron chi connectivity index (χ1n) is 7.59. The lowest BCUT2D eigenvalue weighted by molar-refractivity contribution is -0.132. The van der Waals surface area contributed by atoms with E-state index in [-0.39, 0.29) is 24.2 Å². The Hall–Kier alpha value is -1.72. The van der Waals surface area contributed by atoms with E-state index in [9.17, 15) is 9.18 Å². The Kier molecular flexibility index (Phi) is 4.78. The molecule has 1 unspecified atom stereocenters. The van der Waals surface area contributed by atoms with Gasteiger partial charge in [-0.25, -0.2) is 4.39 Å². The molecule has 0 radical (unpaired) electrons. The quantitative estimate of drug-likeness (QED) is 0.889. The van der Waals surface area contributed by atoms with Gasteiger partial charge in [-0.15, -0.1) is 0 Å². The van der Waals surface area contributed by atoms with E-state index in [0.717, 1.165) is 21.2 Å². The summed E-state index contributed by atoms with van der Waals surface area (Å²) >= 11 is 3.39. The molecule has 3 nitrogen and oxygen atoms in total. The third kappa shape index (κ3) is 3.62. The molecule has 1 atom stereocenters. The summed E-state index contributed by atoms with van der Waals surface area (Å²) in [7, 11) is 0. The van der Waals surface area contributed by atoms with Crippen LogP contribution in [0.5, 0.6) is 0 Å². The molecular formula is C18H18BrFN2O. The minimum absolute atomic E-state index is 0.0308. The zero-order valence-electron chi connectivity index (χ0n) is 12.6. The number of amides is 1. The second-order valence-electron chi connectivity index (χ2n) is 5.81. The maximum absolute atomic E-state index is 13.4. The molecule has 1 aliphatic heterocycles. The predicted molar refractivity (Wildman–Crippen MR) is 91.2 cm³/mol. The number of nitrogens with zero attached hydrogens (tertiary/aromatic N) is 1. The van der Waals surface area contributed by atoms with Gasteiger partial charge in [-0.1, -0.05) is 46.3 Å². The predicted octanol–water partition coefficient (Wildman–Crippen LogP) is 3.56. The molecule has 0 spiro atoms. The highest BCUT2D eigenvalue weighted by atomic mass is 79.9. The number of carbonyl (C=O) groups excluding carboxylic acids is 1. The van der Waals surface area contributed by atoms with Crippen LogP contribution in [0.1, 0.15) is 29.2 Å². The third-order valence-electron chi connectivity index (χ3n) is 4.23. The van der Waals surface area contributed by atoms with Crippen LogP contribution in [0.2, 0.25) is 0 Å². The number of hydrogen-bond acceptors (Lipinski definition) is 2. The first kappa shape index (κ1) is 16.1. The van der Waals surface area contributed by atoms with Gasteiger partial charge in [0.25, 0.3) is 0 Å². The monoisotopic (exact) mass is 376 g/mol. The first-order chi connectivity index (χ1) is 11.0. The summed E-state index contributed by atoms with van der Waals surface area (Å²) in [5, 5.41) is 0. The van der Waals surface area contributed by atoms with Crippen LogP contribution in [0.15, 0.2) is 46.9 Å². The molecule has 5 heteroatoms. The maximum atomic E-state index is 13.4. The molecule has 120 valence electrons. The largest absolute Gasteiger partial charge is 0.338 e. The van der Waals surface area contributed by atoms with Gasteiger partial charge in [-0.2, -0.15) is 0 Å². The van der Waals surface area contributed by atoms with Crippen LogP contribution >= 0.6 is 15.9 Å². The fourth-order valence-corrected chi connectivity index (χ4v) is 3.53. The minimum Gasteiger partial charge on any atom is -0.338 e. The summed E-state index contributed by atoms with van der Waals surface area (Å²) in [5.74, 6) is -0.218. The second kappa shape index (κ2) is 6.81. The van der Waals surface area contributed by atoms with Crippen LogP contribution in [0.3, 0.4) is 0 Å². The summed E-state index contributed by atoms with van der Waals surface area (Å²) in [6, 6.07) is 12.3. The SMILES string of the molecule is NC(CC(=O)N1CCc2cc(F)cc(Br)c2C1)c1ccccc1. The van der Waals surface area contributed by atoms with E-state index in [2.05, 4.69) is 15.9 Å². The average molecular weight is 377 g/mol. The van der Waals surface area contributed by atoms with E-state index in [1.165, 1.54) is 6.07 Å². The molecule has 1 heterocycles. The number of carbonyl (C=O) groups is 1. The first-order valence-corrected chi connectivity index (χ1v) is 8.39. The van der Waals surface area contributed by atoms with Gasteiger partial charge in [0.05, 0.1) is 0 Å². The van der Waals surface area contributed by atoms with Crippen molar-refractivity contribution in [2.24, 2.45) is 5.73 Å². The lowest BCUT2D eigenvalue weighted by atomic mass is 9.98. The second-order valence-corrected chi connectivity index (χ2v) is 6.67. The molecule has 0 saturated carbocycles. The van der Waals surface area contributed by atoms with Crippen molar-refractivity contribution in [2.75, 3.05) is 6.54 Å². The Labute approximate surface area is 143 Å². The molecule has 3 rings (SSSR count). The number of hydrogen-bond donors (Lipinski definition) is 1. The summed E-state index contributed by atoms with van der Waals surface area (Å²) in [5.41, 5.74) is 9.05. The summed E-state index contributed by atoms with van der Waals surface area (Å²) in [6.07, 6.45) is 0.941. The topological polar surface area (TPSA) is 46.3 Å².